The molecule has 0 aliphatic carbocycles. The first kappa shape index (κ1) is 24.0. The van der Waals surface area contributed by atoms with Crippen LogP contribution in [0.1, 0.15) is 29.8 Å². The van der Waals surface area contributed by atoms with E-state index in [0.29, 0.717) is 18.0 Å². The number of likely N-dealkylation sites (N-methyl/N-ethyl adjacent to an activating group) is 1. The minimum Gasteiger partial charge on any atom is -0.492 e. The van der Waals surface area contributed by atoms with Gasteiger partial charge in [-0.2, -0.15) is 0 Å². The first-order valence-corrected chi connectivity index (χ1v) is 10.9. The van der Waals surface area contributed by atoms with Crippen LogP contribution < -0.4 is 10.1 Å². The molecular weight excluding hydrogens is 416 g/mol. The molecule has 33 heavy (non-hydrogen) atoms. The summed E-state index contributed by atoms with van der Waals surface area (Å²) < 4.78 is 10.9. The molecule has 6 nitrogen and oxygen atoms in total. The average molecular weight is 447 g/mol. The number of carbonyl (C=O) groups excluding carboxylic acids is 2. The van der Waals surface area contributed by atoms with Gasteiger partial charge in [0.25, 0.3) is 0 Å². The molecule has 6 heteroatoms. The molecule has 0 heterocycles. The van der Waals surface area contributed by atoms with E-state index in [9.17, 15) is 9.59 Å². The Bertz CT molecular complexity index is 1170. The molecule has 0 unspecified atom stereocenters. The molecule has 0 aliphatic heterocycles. The second-order valence-electron chi connectivity index (χ2n) is 7.96. The lowest BCUT2D eigenvalue weighted by molar-refractivity contribution is -0.111. The van der Waals surface area contributed by atoms with Gasteiger partial charge in [0.15, 0.2) is 0 Å². The van der Waals surface area contributed by atoms with Gasteiger partial charge in [0, 0.05) is 12.6 Å². The standard InChI is InChI=1S/C27H30N2O4/c1-5-32-27(31)24-18-23(33-15-14-29(3)4)12-13-25(24)28-26(30)16-19(2)21-11-10-20-8-6-7-9-22(20)17-21/h6-13,16-18H,5,14-15H2,1-4H3,(H,28,30)/b19-16-. The highest BCUT2D eigenvalue weighted by molar-refractivity contribution is 6.08. The van der Waals surface area contributed by atoms with E-state index in [0.717, 1.165) is 28.5 Å². The molecule has 0 saturated carbocycles. The average Bonchev–Trinajstić information content (AvgIpc) is 2.79. The molecule has 1 N–H and O–H groups in total. The van der Waals surface area contributed by atoms with Gasteiger partial charge in [0.1, 0.15) is 12.4 Å². The Morgan fingerprint density at radius 3 is 2.48 bits per heavy atom. The third-order valence-corrected chi connectivity index (χ3v) is 5.10. The van der Waals surface area contributed by atoms with Gasteiger partial charge in [-0.1, -0.05) is 36.4 Å². The number of carbonyl (C=O) groups is 2. The minimum atomic E-state index is -0.513. The van der Waals surface area contributed by atoms with Gasteiger partial charge < -0.3 is 19.7 Å². The molecule has 3 aromatic carbocycles. The highest BCUT2D eigenvalue weighted by Gasteiger charge is 2.16. The van der Waals surface area contributed by atoms with Crippen LogP contribution in [0.4, 0.5) is 5.69 Å². The Kier molecular flexibility index (Phi) is 8.22. The molecule has 0 aliphatic rings. The van der Waals surface area contributed by atoms with Crippen LogP contribution in [0.15, 0.2) is 66.7 Å². The molecular formula is C27H30N2O4. The highest BCUT2D eigenvalue weighted by atomic mass is 16.5. The van der Waals surface area contributed by atoms with E-state index in [1.807, 2.05) is 56.3 Å². The molecule has 0 spiro atoms. The summed E-state index contributed by atoms with van der Waals surface area (Å²) in [5.74, 6) is -0.297. The number of hydrogen-bond acceptors (Lipinski definition) is 5. The van der Waals surface area contributed by atoms with Crippen LogP contribution in [-0.2, 0) is 9.53 Å². The van der Waals surface area contributed by atoms with Crippen LogP contribution in [0.25, 0.3) is 16.3 Å². The van der Waals surface area contributed by atoms with E-state index < -0.39 is 5.97 Å². The maximum absolute atomic E-state index is 12.7. The number of esters is 1. The molecule has 0 radical (unpaired) electrons. The molecule has 1 amide bonds. The first-order valence-electron chi connectivity index (χ1n) is 10.9. The molecule has 0 bridgehead atoms. The summed E-state index contributed by atoms with van der Waals surface area (Å²) in [7, 11) is 3.92. The van der Waals surface area contributed by atoms with Crippen molar-refractivity contribution in [1.29, 1.82) is 0 Å². The summed E-state index contributed by atoms with van der Waals surface area (Å²) in [5, 5.41) is 5.06. The predicted molar refractivity (Wildman–Crippen MR) is 133 cm³/mol. The largest absolute Gasteiger partial charge is 0.492 e. The molecule has 172 valence electrons. The third-order valence-electron chi connectivity index (χ3n) is 5.10. The maximum atomic E-state index is 12.7. The van der Waals surface area contributed by atoms with Gasteiger partial charge in [0.2, 0.25) is 5.91 Å². The smallest absolute Gasteiger partial charge is 0.340 e. The van der Waals surface area contributed by atoms with Crippen LogP contribution in [0.2, 0.25) is 0 Å². The first-order chi connectivity index (χ1) is 15.9. The number of nitrogens with one attached hydrogen (secondary N) is 1. The van der Waals surface area contributed by atoms with E-state index in [2.05, 4.69) is 17.4 Å². The van der Waals surface area contributed by atoms with E-state index in [4.69, 9.17) is 9.47 Å². The molecule has 0 fully saturated rings. The Morgan fingerprint density at radius 2 is 1.76 bits per heavy atom. The van der Waals surface area contributed by atoms with Crippen molar-refractivity contribution < 1.29 is 19.1 Å². The number of ether oxygens (including phenoxy) is 2. The van der Waals surface area contributed by atoms with Gasteiger partial charge in [0.05, 0.1) is 17.9 Å². The van der Waals surface area contributed by atoms with Gasteiger partial charge in [-0.25, -0.2) is 4.79 Å². The summed E-state index contributed by atoms with van der Waals surface area (Å²) in [6.07, 6.45) is 1.53. The van der Waals surface area contributed by atoms with Crippen molar-refractivity contribution in [2.45, 2.75) is 13.8 Å². The number of amides is 1. The fraction of sp³-hybridized carbons (Fsp3) is 0.259. The summed E-state index contributed by atoms with van der Waals surface area (Å²) >= 11 is 0. The second-order valence-corrected chi connectivity index (χ2v) is 7.96. The van der Waals surface area contributed by atoms with Gasteiger partial charge in [-0.3, -0.25) is 4.79 Å². The van der Waals surface area contributed by atoms with E-state index >= 15 is 0 Å². The maximum Gasteiger partial charge on any atom is 0.340 e. The van der Waals surface area contributed by atoms with Crippen LogP contribution in [0.3, 0.4) is 0 Å². The second kappa shape index (κ2) is 11.3. The fourth-order valence-electron chi connectivity index (χ4n) is 3.33. The number of allylic oxidation sites excluding steroid dienone is 1. The SMILES string of the molecule is CCOC(=O)c1cc(OCCN(C)C)ccc1NC(=O)/C=C(/C)c1ccc2ccccc2c1. The summed E-state index contributed by atoms with van der Waals surface area (Å²) in [6, 6.07) is 19.2. The Hall–Kier alpha value is -3.64. The number of fused-ring (bicyclic) bond motifs is 1. The quantitative estimate of drug-likeness (QED) is 0.370. The van der Waals surface area contributed by atoms with Crippen molar-refractivity contribution in [3.8, 4) is 5.75 Å². The van der Waals surface area contributed by atoms with E-state index in [1.54, 1.807) is 25.1 Å². The van der Waals surface area contributed by atoms with E-state index in [-0.39, 0.29) is 18.1 Å². The predicted octanol–water partition coefficient (Wildman–Crippen LogP) is 5.00. The Balaban J connectivity index is 1.79. The number of benzene rings is 3. The van der Waals surface area contributed by atoms with Crippen molar-refractivity contribution in [1.82, 2.24) is 4.90 Å². The molecule has 3 aromatic rings. The van der Waals surface area contributed by atoms with Crippen molar-refractivity contribution in [2.24, 2.45) is 0 Å². The normalized spacial score (nSPS) is 11.5. The lowest BCUT2D eigenvalue weighted by Gasteiger charge is -2.14. The zero-order valence-electron chi connectivity index (χ0n) is 19.6. The molecule has 0 aromatic heterocycles. The minimum absolute atomic E-state index is 0.235. The van der Waals surface area contributed by atoms with Crippen LogP contribution in [0.5, 0.6) is 5.75 Å². The van der Waals surface area contributed by atoms with E-state index in [1.165, 1.54) is 6.08 Å². The van der Waals surface area contributed by atoms with Crippen molar-refractivity contribution in [3.05, 3.63) is 77.9 Å². The Labute approximate surface area is 194 Å². The molecule has 0 atom stereocenters. The van der Waals surface area contributed by atoms with Crippen LogP contribution in [-0.4, -0.2) is 50.6 Å². The summed E-state index contributed by atoms with van der Waals surface area (Å²) in [5.41, 5.74) is 2.41. The van der Waals surface area contributed by atoms with Gasteiger partial charge >= 0.3 is 5.97 Å². The van der Waals surface area contributed by atoms with Crippen LogP contribution >= 0.6 is 0 Å². The number of nitrogens with zero attached hydrogens (tertiary/aromatic N) is 1. The lowest BCUT2D eigenvalue weighted by Crippen LogP contribution is -2.19. The monoisotopic (exact) mass is 446 g/mol. The van der Waals surface area contributed by atoms with Gasteiger partial charge in [-0.05, 0) is 74.1 Å². The Morgan fingerprint density at radius 1 is 1.00 bits per heavy atom. The number of rotatable bonds is 9. The zero-order chi connectivity index (χ0) is 23.8. The third kappa shape index (κ3) is 6.67. The fourth-order valence-corrected chi connectivity index (χ4v) is 3.33. The molecule has 0 saturated heterocycles. The number of hydrogen-bond donors (Lipinski definition) is 1. The lowest BCUT2D eigenvalue weighted by atomic mass is 10.0. The summed E-state index contributed by atoms with van der Waals surface area (Å²) in [6.45, 7) is 5.08. The van der Waals surface area contributed by atoms with Crippen molar-refractivity contribution in [2.75, 3.05) is 39.2 Å². The zero-order valence-corrected chi connectivity index (χ0v) is 19.6. The number of anilines is 1. The van der Waals surface area contributed by atoms with Gasteiger partial charge in [-0.15, -0.1) is 0 Å². The molecule has 3 rings (SSSR count). The van der Waals surface area contributed by atoms with Crippen LogP contribution in [0, 0.1) is 0 Å². The van der Waals surface area contributed by atoms with Crippen molar-refractivity contribution >= 4 is 33.9 Å². The topological polar surface area (TPSA) is 67.9 Å². The van der Waals surface area contributed by atoms with Crippen molar-refractivity contribution in [3.63, 3.8) is 0 Å². The highest BCUT2D eigenvalue weighted by Crippen LogP contribution is 2.25. The summed E-state index contributed by atoms with van der Waals surface area (Å²) in [4.78, 5) is 27.2.